The molecule has 0 radical (unpaired) electrons. The van der Waals surface area contributed by atoms with E-state index >= 15 is 0 Å². The quantitative estimate of drug-likeness (QED) is 0.515. The highest BCUT2D eigenvalue weighted by atomic mass is 32.2. The van der Waals surface area contributed by atoms with Crippen molar-refractivity contribution in [3.05, 3.63) is 54.1 Å². The van der Waals surface area contributed by atoms with E-state index in [0.29, 0.717) is 23.3 Å². The molecule has 2 aromatic carbocycles. The molecule has 2 aromatic rings. The van der Waals surface area contributed by atoms with Crippen LogP contribution >= 0.6 is 23.5 Å². The minimum absolute atomic E-state index is 0.218. The fourth-order valence-electron chi connectivity index (χ4n) is 2.76. The number of carbonyl (C=O) groups is 2. The fraction of sp³-hybridized carbons (Fsp3) is 0.286. The average Bonchev–Trinajstić information content (AvgIpc) is 3.15. The van der Waals surface area contributed by atoms with Crippen molar-refractivity contribution in [2.75, 3.05) is 19.5 Å². The zero-order chi connectivity index (χ0) is 21.5. The van der Waals surface area contributed by atoms with Crippen LogP contribution in [0.15, 0.2) is 58.5 Å². The zero-order valence-corrected chi connectivity index (χ0v) is 18.6. The number of hydrogen-bond acceptors (Lipinski definition) is 7. The summed E-state index contributed by atoms with van der Waals surface area (Å²) in [6, 6.07) is 15.7. The number of thioether (sulfide) groups is 2. The molecule has 2 amide bonds. The van der Waals surface area contributed by atoms with Crippen molar-refractivity contribution in [3.63, 3.8) is 0 Å². The molecule has 0 saturated heterocycles. The van der Waals surface area contributed by atoms with E-state index in [-0.39, 0.29) is 17.2 Å². The maximum Gasteiger partial charge on any atom is 0.241 e. The third-order valence-electron chi connectivity index (χ3n) is 4.08. The predicted molar refractivity (Wildman–Crippen MR) is 120 cm³/mol. The lowest BCUT2D eigenvalue weighted by atomic mass is 10.2. The Labute approximate surface area is 184 Å². The Balaban J connectivity index is 1.66. The molecule has 1 N–H and O–H groups in total. The Hall–Kier alpha value is -2.65. The number of benzene rings is 2. The first kappa shape index (κ1) is 22.0. The number of rotatable bonds is 7. The number of nitrogens with one attached hydrogen (secondary N) is 1. The molecule has 0 aromatic heterocycles. The first-order valence-electron chi connectivity index (χ1n) is 9.29. The monoisotopic (exact) mass is 445 g/mol. The van der Waals surface area contributed by atoms with E-state index < -0.39 is 0 Å². The summed E-state index contributed by atoms with van der Waals surface area (Å²) in [5.74, 6) is 1.56. The highest BCUT2D eigenvalue weighted by Crippen LogP contribution is 2.41. The number of ether oxygens (including phenoxy) is 2. The van der Waals surface area contributed by atoms with Gasteiger partial charge in [-0.1, -0.05) is 36.0 Å². The van der Waals surface area contributed by atoms with Gasteiger partial charge in [-0.2, -0.15) is 0 Å². The van der Waals surface area contributed by atoms with Gasteiger partial charge in [-0.25, -0.2) is 5.01 Å². The third kappa shape index (κ3) is 5.70. The summed E-state index contributed by atoms with van der Waals surface area (Å²) in [4.78, 5) is 24.5. The predicted octanol–water partition coefficient (Wildman–Crippen LogP) is 3.87. The van der Waals surface area contributed by atoms with Crippen LogP contribution in [0.1, 0.15) is 24.8 Å². The maximum atomic E-state index is 12.0. The second-order valence-electron chi connectivity index (χ2n) is 6.34. The van der Waals surface area contributed by atoms with E-state index in [0.717, 1.165) is 11.3 Å². The van der Waals surface area contributed by atoms with Gasteiger partial charge >= 0.3 is 0 Å². The Bertz CT molecular complexity index is 937. The summed E-state index contributed by atoms with van der Waals surface area (Å²) in [6.45, 7) is 3.37. The van der Waals surface area contributed by atoms with Crippen molar-refractivity contribution < 1.29 is 19.1 Å². The lowest BCUT2D eigenvalue weighted by Crippen LogP contribution is -2.25. The molecule has 1 aliphatic rings. The van der Waals surface area contributed by atoms with Crippen LogP contribution in [0.3, 0.4) is 0 Å². The Morgan fingerprint density at radius 2 is 1.93 bits per heavy atom. The van der Waals surface area contributed by atoms with Crippen LogP contribution in [-0.2, 0) is 9.59 Å². The van der Waals surface area contributed by atoms with E-state index in [9.17, 15) is 9.59 Å². The standard InChI is InChI=1S/C21H23N3O4S2/c1-14(25)22-21-23-24(15(2)26)20(30-21)16-9-10-18(19(13-16)27-3)28-11-12-29-17-7-5-4-6-8-17/h4-10,13,20H,11-12H2,1-3H3,(H,22,23,25)/t20-/m1/s1. The van der Waals surface area contributed by atoms with Crippen molar-refractivity contribution in [3.8, 4) is 11.5 Å². The second kappa shape index (κ2) is 10.4. The molecule has 1 atom stereocenters. The normalized spacial score (nSPS) is 15.5. The van der Waals surface area contributed by atoms with Gasteiger partial charge in [0.2, 0.25) is 11.8 Å². The van der Waals surface area contributed by atoms with Gasteiger partial charge in [-0.3, -0.25) is 9.59 Å². The van der Waals surface area contributed by atoms with Crippen LogP contribution in [0.5, 0.6) is 11.5 Å². The summed E-state index contributed by atoms with van der Waals surface area (Å²) < 4.78 is 11.4. The van der Waals surface area contributed by atoms with Gasteiger partial charge in [0.25, 0.3) is 0 Å². The minimum atomic E-state index is -0.388. The van der Waals surface area contributed by atoms with E-state index in [1.807, 2.05) is 36.4 Å². The van der Waals surface area contributed by atoms with Crippen LogP contribution in [0.4, 0.5) is 0 Å². The highest BCUT2D eigenvalue weighted by Gasteiger charge is 2.32. The summed E-state index contributed by atoms with van der Waals surface area (Å²) >= 11 is 3.02. The highest BCUT2D eigenvalue weighted by molar-refractivity contribution is 8.14. The van der Waals surface area contributed by atoms with E-state index in [1.165, 1.54) is 35.5 Å². The van der Waals surface area contributed by atoms with Crippen molar-refractivity contribution in [2.45, 2.75) is 24.1 Å². The number of amidine groups is 1. The second-order valence-corrected chi connectivity index (χ2v) is 8.58. The van der Waals surface area contributed by atoms with Crippen LogP contribution in [0.2, 0.25) is 0 Å². The lowest BCUT2D eigenvalue weighted by molar-refractivity contribution is -0.129. The first-order valence-corrected chi connectivity index (χ1v) is 11.2. The zero-order valence-electron chi connectivity index (χ0n) is 17.0. The van der Waals surface area contributed by atoms with Gasteiger partial charge in [-0.05, 0) is 29.8 Å². The van der Waals surface area contributed by atoms with Gasteiger partial charge < -0.3 is 14.8 Å². The van der Waals surface area contributed by atoms with Gasteiger partial charge in [0, 0.05) is 24.5 Å². The third-order valence-corrected chi connectivity index (χ3v) is 6.15. The molecule has 3 rings (SSSR count). The van der Waals surface area contributed by atoms with Crippen LogP contribution < -0.4 is 14.8 Å². The summed E-state index contributed by atoms with van der Waals surface area (Å²) in [6.07, 6.45) is 0. The molecule has 7 nitrogen and oxygen atoms in total. The van der Waals surface area contributed by atoms with E-state index in [2.05, 4.69) is 22.6 Å². The molecule has 1 aliphatic heterocycles. The molecule has 0 bridgehead atoms. The van der Waals surface area contributed by atoms with Gasteiger partial charge in [0.15, 0.2) is 16.7 Å². The van der Waals surface area contributed by atoms with Crippen molar-refractivity contribution in [1.82, 2.24) is 10.3 Å². The van der Waals surface area contributed by atoms with Crippen LogP contribution in [0.25, 0.3) is 0 Å². The fourth-order valence-corrected chi connectivity index (χ4v) is 4.64. The summed E-state index contributed by atoms with van der Waals surface area (Å²) in [5, 5.41) is 8.20. The van der Waals surface area contributed by atoms with Crippen molar-refractivity contribution in [1.29, 1.82) is 0 Å². The smallest absolute Gasteiger partial charge is 0.241 e. The molecule has 9 heteroatoms. The number of hydrazone groups is 1. The Morgan fingerprint density at radius 3 is 2.60 bits per heavy atom. The Morgan fingerprint density at radius 1 is 1.17 bits per heavy atom. The van der Waals surface area contributed by atoms with Crippen LogP contribution in [0, 0.1) is 0 Å². The molecule has 0 unspecified atom stereocenters. The minimum Gasteiger partial charge on any atom is -0.493 e. The van der Waals surface area contributed by atoms with E-state index in [4.69, 9.17) is 9.47 Å². The molecule has 30 heavy (non-hydrogen) atoms. The number of nitrogens with zero attached hydrogens (tertiary/aromatic N) is 2. The number of amides is 2. The van der Waals surface area contributed by atoms with Crippen LogP contribution in [-0.4, -0.2) is 41.5 Å². The van der Waals surface area contributed by atoms with Gasteiger partial charge in [0.1, 0.15) is 5.37 Å². The molecule has 0 aliphatic carbocycles. The number of hydrogen-bond donors (Lipinski definition) is 1. The SMILES string of the molecule is COc1cc([C@H]2SC(NC(C)=O)=NN2C(C)=O)ccc1OCCSc1ccccc1. The van der Waals surface area contributed by atoms with E-state index in [1.54, 1.807) is 18.9 Å². The number of carbonyl (C=O) groups excluding carboxylic acids is 2. The molecule has 158 valence electrons. The lowest BCUT2D eigenvalue weighted by Gasteiger charge is -2.20. The summed E-state index contributed by atoms with van der Waals surface area (Å²) in [7, 11) is 1.58. The topological polar surface area (TPSA) is 80.2 Å². The van der Waals surface area contributed by atoms with Crippen molar-refractivity contribution in [2.24, 2.45) is 5.10 Å². The molecular weight excluding hydrogens is 422 g/mol. The Kier molecular flexibility index (Phi) is 7.64. The summed E-state index contributed by atoms with van der Waals surface area (Å²) in [5.41, 5.74) is 0.821. The van der Waals surface area contributed by atoms with Crippen molar-refractivity contribution >= 4 is 40.5 Å². The average molecular weight is 446 g/mol. The largest absolute Gasteiger partial charge is 0.493 e. The first-order chi connectivity index (χ1) is 14.5. The van der Waals surface area contributed by atoms with Gasteiger partial charge in [-0.15, -0.1) is 16.9 Å². The molecular formula is C21H23N3O4S2. The van der Waals surface area contributed by atoms with Gasteiger partial charge in [0.05, 0.1) is 13.7 Å². The number of methoxy groups -OCH3 is 1. The molecule has 0 saturated carbocycles. The molecule has 1 heterocycles. The molecule has 0 fully saturated rings. The molecule has 0 spiro atoms. The maximum absolute atomic E-state index is 12.0.